The van der Waals surface area contributed by atoms with Crippen LogP contribution in [0.15, 0.2) is 24.3 Å². The summed E-state index contributed by atoms with van der Waals surface area (Å²) < 4.78 is 5.37. The van der Waals surface area contributed by atoms with E-state index in [0.29, 0.717) is 10.8 Å². The van der Waals surface area contributed by atoms with Gasteiger partial charge in [-0.1, -0.05) is 17.7 Å². The van der Waals surface area contributed by atoms with Crippen molar-refractivity contribution >= 4 is 17.5 Å². The monoisotopic (exact) mass is 268 g/mol. The van der Waals surface area contributed by atoms with Crippen LogP contribution in [-0.4, -0.2) is 31.6 Å². The Morgan fingerprint density at radius 3 is 3.17 bits per heavy atom. The van der Waals surface area contributed by atoms with E-state index in [0.717, 1.165) is 25.9 Å². The first kappa shape index (κ1) is 13.2. The van der Waals surface area contributed by atoms with Gasteiger partial charge in [0.1, 0.15) is 5.75 Å². The number of carbonyl (C=O) groups excluding carboxylic acids is 1. The molecular weight excluding hydrogens is 252 g/mol. The van der Waals surface area contributed by atoms with Gasteiger partial charge in [0.25, 0.3) is 5.91 Å². The van der Waals surface area contributed by atoms with Crippen LogP contribution >= 0.6 is 11.6 Å². The summed E-state index contributed by atoms with van der Waals surface area (Å²) in [5, 5.41) is 6.79. The van der Waals surface area contributed by atoms with Crippen molar-refractivity contribution in [2.75, 3.05) is 19.7 Å². The molecule has 1 heterocycles. The number of nitrogens with one attached hydrogen (secondary N) is 2. The summed E-state index contributed by atoms with van der Waals surface area (Å²) in [6, 6.07) is 7.25. The quantitative estimate of drug-likeness (QED) is 0.872. The van der Waals surface area contributed by atoms with E-state index in [-0.39, 0.29) is 18.6 Å². The molecule has 1 unspecified atom stereocenters. The van der Waals surface area contributed by atoms with Gasteiger partial charge >= 0.3 is 0 Å². The van der Waals surface area contributed by atoms with Gasteiger partial charge in [-0.15, -0.1) is 0 Å². The highest BCUT2D eigenvalue weighted by Crippen LogP contribution is 2.16. The van der Waals surface area contributed by atoms with E-state index in [4.69, 9.17) is 16.3 Å². The fourth-order valence-corrected chi connectivity index (χ4v) is 2.13. The molecule has 1 aliphatic rings. The second-order valence-corrected chi connectivity index (χ2v) is 4.79. The van der Waals surface area contributed by atoms with Crippen molar-refractivity contribution in [2.24, 2.45) is 0 Å². The first-order valence-corrected chi connectivity index (χ1v) is 6.50. The molecule has 18 heavy (non-hydrogen) atoms. The number of piperidine rings is 1. The van der Waals surface area contributed by atoms with E-state index in [1.165, 1.54) is 0 Å². The predicted octanol–water partition coefficient (Wildman–Crippen LogP) is 1.59. The Morgan fingerprint density at radius 2 is 2.44 bits per heavy atom. The summed E-state index contributed by atoms with van der Waals surface area (Å²) in [6.07, 6.45) is 2.12. The number of amides is 1. The summed E-state index contributed by atoms with van der Waals surface area (Å²) in [4.78, 5) is 11.7. The zero-order chi connectivity index (χ0) is 12.8. The van der Waals surface area contributed by atoms with E-state index < -0.39 is 0 Å². The van der Waals surface area contributed by atoms with Crippen molar-refractivity contribution in [3.8, 4) is 5.75 Å². The van der Waals surface area contributed by atoms with Gasteiger partial charge in [-0.05, 0) is 37.6 Å². The van der Waals surface area contributed by atoms with Crippen molar-refractivity contribution in [1.82, 2.24) is 10.6 Å². The third kappa shape index (κ3) is 4.20. The van der Waals surface area contributed by atoms with Crippen molar-refractivity contribution in [3.63, 3.8) is 0 Å². The Hall–Kier alpha value is -1.26. The average Bonchev–Trinajstić information content (AvgIpc) is 2.38. The Balaban J connectivity index is 1.74. The fourth-order valence-electron chi connectivity index (χ4n) is 1.95. The lowest BCUT2D eigenvalue weighted by atomic mass is 10.1. The molecular formula is C13H17ClN2O2. The van der Waals surface area contributed by atoms with E-state index in [9.17, 15) is 4.79 Å². The Morgan fingerprint density at radius 1 is 1.56 bits per heavy atom. The normalized spacial score (nSPS) is 19.3. The highest BCUT2D eigenvalue weighted by Gasteiger charge is 2.15. The maximum Gasteiger partial charge on any atom is 0.258 e. The molecule has 2 N–H and O–H groups in total. The molecule has 1 fully saturated rings. The molecule has 98 valence electrons. The third-order valence-electron chi connectivity index (χ3n) is 2.83. The number of hydrogen-bond donors (Lipinski definition) is 2. The fraction of sp³-hybridized carbons (Fsp3) is 0.462. The molecule has 1 saturated heterocycles. The van der Waals surface area contributed by atoms with Crippen LogP contribution < -0.4 is 15.4 Å². The maximum atomic E-state index is 11.7. The van der Waals surface area contributed by atoms with Gasteiger partial charge in [-0.3, -0.25) is 4.79 Å². The number of benzene rings is 1. The smallest absolute Gasteiger partial charge is 0.258 e. The van der Waals surface area contributed by atoms with Crippen molar-refractivity contribution in [3.05, 3.63) is 29.3 Å². The van der Waals surface area contributed by atoms with Gasteiger partial charge in [0.15, 0.2) is 6.61 Å². The standard InChI is InChI=1S/C13H17ClN2O2/c14-10-3-1-5-12(7-10)18-9-13(17)16-11-4-2-6-15-8-11/h1,3,5,7,11,15H,2,4,6,8-9H2,(H,16,17). The number of carbonyl (C=O) groups is 1. The van der Waals surface area contributed by atoms with Gasteiger partial charge in [0.2, 0.25) is 0 Å². The summed E-state index contributed by atoms with van der Waals surface area (Å²) in [7, 11) is 0. The van der Waals surface area contributed by atoms with Crippen LogP contribution in [0.5, 0.6) is 5.75 Å². The third-order valence-corrected chi connectivity index (χ3v) is 3.06. The number of hydrogen-bond acceptors (Lipinski definition) is 3. The summed E-state index contributed by atoms with van der Waals surface area (Å²) in [5.41, 5.74) is 0. The Labute approximate surface area is 112 Å². The highest BCUT2D eigenvalue weighted by molar-refractivity contribution is 6.30. The molecule has 0 aliphatic carbocycles. The van der Waals surface area contributed by atoms with Gasteiger partial charge < -0.3 is 15.4 Å². The van der Waals surface area contributed by atoms with Crippen LogP contribution in [-0.2, 0) is 4.79 Å². The van der Waals surface area contributed by atoms with Crippen LogP contribution in [0.25, 0.3) is 0 Å². The second-order valence-electron chi connectivity index (χ2n) is 4.36. The summed E-state index contributed by atoms with van der Waals surface area (Å²) in [6.45, 7) is 1.89. The van der Waals surface area contributed by atoms with Crippen LogP contribution in [0, 0.1) is 0 Å². The molecule has 1 aliphatic heterocycles. The van der Waals surface area contributed by atoms with Crippen LogP contribution in [0.4, 0.5) is 0 Å². The van der Waals surface area contributed by atoms with Crippen LogP contribution in [0.1, 0.15) is 12.8 Å². The molecule has 1 aromatic rings. The SMILES string of the molecule is O=C(COc1cccc(Cl)c1)NC1CCCNC1. The molecule has 0 aromatic heterocycles. The molecule has 4 nitrogen and oxygen atoms in total. The lowest BCUT2D eigenvalue weighted by Crippen LogP contribution is -2.46. The molecule has 1 amide bonds. The molecule has 2 rings (SSSR count). The average molecular weight is 269 g/mol. The van der Waals surface area contributed by atoms with Crippen LogP contribution in [0.3, 0.4) is 0 Å². The molecule has 0 bridgehead atoms. The number of rotatable bonds is 4. The summed E-state index contributed by atoms with van der Waals surface area (Å²) in [5.74, 6) is 0.517. The molecule has 1 aromatic carbocycles. The van der Waals surface area contributed by atoms with E-state index in [1.54, 1.807) is 24.3 Å². The first-order chi connectivity index (χ1) is 8.74. The molecule has 1 atom stereocenters. The van der Waals surface area contributed by atoms with Gasteiger partial charge in [0.05, 0.1) is 0 Å². The van der Waals surface area contributed by atoms with Gasteiger partial charge in [-0.2, -0.15) is 0 Å². The molecule has 0 spiro atoms. The van der Waals surface area contributed by atoms with E-state index in [1.807, 2.05) is 0 Å². The van der Waals surface area contributed by atoms with Crippen molar-refractivity contribution in [2.45, 2.75) is 18.9 Å². The Kier molecular flexibility index (Phi) is 4.84. The second kappa shape index (κ2) is 6.61. The first-order valence-electron chi connectivity index (χ1n) is 6.12. The number of halogens is 1. The van der Waals surface area contributed by atoms with Crippen molar-refractivity contribution < 1.29 is 9.53 Å². The zero-order valence-electron chi connectivity index (χ0n) is 10.1. The Bertz CT molecular complexity index is 406. The molecule has 0 saturated carbocycles. The van der Waals surface area contributed by atoms with Gasteiger partial charge in [0, 0.05) is 17.6 Å². The molecule has 0 radical (unpaired) electrons. The topological polar surface area (TPSA) is 50.4 Å². The predicted molar refractivity (Wildman–Crippen MR) is 71.0 cm³/mol. The lowest BCUT2D eigenvalue weighted by Gasteiger charge is -2.23. The van der Waals surface area contributed by atoms with Gasteiger partial charge in [-0.25, -0.2) is 0 Å². The molecule has 5 heteroatoms. The lowest BCUT2D eigenvalue weighted by molar-refractivity contribution is -0.123. The highest BCUT2D eigenvalue weighted by atomic mass is 35.5. The zero-order valence-corrected chi connectivity index (χ0v) is 10.9. The van der Waals surface area contributed by atoms with Crippen LogP contribution in [0.2, 0.25) is 5.02 Å². The van der Waals surface area contributed by atoms with E-state index in [2.05, 4.69) is 10.6 Å². The number of ether oxygens (including phenoxy) is 1. The largest absolute Gasteiger partial charge is 0.484 e. The summed E-state index contributed by atoms with van der Waals surface area (Å²) >= 11 is 5.83. The van der Waals surface area contributed by atoms with E-state index >= 15 is 0 Å². The minimum Gasteiger partial charge on any atom is -0.484 e. The minimum absolute atomic E-state index is 0.0246. The van der Waals surface area contributed by atoms with Crippen molar-refractivity contribution in [1.29, 1.82) is 0 Å². The maximum absolute atomic E-state index is 11.7. The minimum atomic E-state index is -0.0938.